The molecule has 1 aromatic rings. The number of ether oxygens (including phenoxy) is 1. The minimum Gasteiger partial charge on any atom is -0.469 e. The van der Waals surface area contributed by atoms with Gasteiger partial charge in [-0.05, 0) is 55.5 Å². The highest BCUT2D eigenvalue weighted by molar-refractivity contribution is 8.14. The number of amides is 1. The summed E-state index contributed by atoms with van der Waals surface area (Å²) in [5, 5.41) is 6.91. The maximum atomic E-state index is 12.1. The Hall–Kier alpha value is -2.28. The topological polar surface area (TPSA) is 79.8 Å². The van der Waals surface area contributed by atoms with Crippen LogP contribution < -0.4 is 10.6 Å². The zero-order valence-electron chi connectivity index (χ0n) is 17.2. The third-order valence-corrected chi connectivity index (χ3v) is 5.30. The monoisotopic (exact) mass is 403 g/mol. The van der Waals surface area contributed by atoms with Crippen LogP contribution in [0.3, 0.4) is 0 Å². The van der Waals surface area contributed by atoms with Crippen molar-refractivity contribution in [3.05, 3.63) is 35.0 Å². The molecule has 7 heteroatoms. The fourth-order valence-corrected chi connectivity index (χ4v) is 3.36. The Bertz CT molecular complexity index is 800. The van der Waals surface area contributed by atoms with Crippen molar-refractivity contribution in [1.82, 2.24) is 5.32 Å². The SMILES string of the molecule is COC(=O)CC1=CC(SCC(=O)NCCC(C)C)=Nc2cc(C)c(C)cc2N1. The number of rotatable bonds is 7. The van der Waals surface area contributed by atoms with Crippen LogP contribution in [0.15, 0.2) is 28.9 Å². The molecule has 1 aromatic carbocycles. The van der Waals surface area contributed by atoms with E-state index in [9.17, 15) is 9.59 Å². The summed E-state index contributed by atoms with van der Waals surface area (Å²) in [5.74, 6) is 0.479. The van der Waals surface area contributed by atoms with Gasteiger partial charge in [-0.3, -0.25) is 9.59 Å². The second-order valence-corrected chi connectivity index (χ2v) is 8.27. The molecule has 0 unspecified atom stereocenters. The van der Waals surface area contributed by atoms with Gasteiger partial charge < -0.3 is 15.4 Å². The first-order chi connectivity index (χ1) is 13.3. The van der Waals surface area contributed by atoms with Crippen molar-refractivity contribution in [3.63, 3.8) is 0 Å². The molecule has 0 saturated heterocycles. The van der Waals surface area contributed by atoms with E-state index in [1.165, 1.54) is 18.9 Å². The molecular weight excluding hydrogens is 374 g/mol. The molecule has 1 aliphatic heterocycles. The van der Waals surface area contributed by atoms with Crippen molar-refractivity contribution in [2.45, 2.75) is 40.5 Å². The predicted octanol–water partition coefficient (Wildman–Crippen LogP) is 4.10. The summed E-state index contributed by atoms with van der Waals surface area (Å²) >= 11 is 1.36. The highest BCUT2D eigenvalue weighted by atomic mass is 32.2. The molecule has 0 spiro atoms. The number of nitrogens with one attached hydrogen (secondary N) is 2. The zero-order chi connectivity index (χ0) is 20.7. The van der Waals surface area contributed by atoms with Gasteiger partial charge in [0.25, 0.3) is 0 Å². The quantitative estimate of drug-likeness (QED) is 0.670. The van der Waals surface area contributed by atoms with E-state index < -0.39 is 0 Å². The largest absolute Gasteiger partial charge is 0.469 e. The van der Waals surface area contributed by atoms with Crippen molar-refractivity contribution < 1.29 is 14.3 Å². The van der Waals surface area contributed by atoms with Gasteiger partial charge in [-0.2, -0.15) is 0 Å². The third kappa shape index (κ3) is 6.71. The van der Waals surface area contributed by atoms with Crippen molar-refractivity contribution in [3.8, 4) is 0 Å². The van der Waals surface area contributed by atoms with E-state index in [0.29, 0.717) is 23.2 Å². The maximum absolute atomic E-state index is 12.1. The summed E-state index contributed by atoms with van der Waals surface area (Å²) in [6, 6.07) is 4.03. The molecule has 28 heavy (non-hydrogen) atoms. The van der Waals surface area contributed by atoms with Crippen molar-refractivity contribution in [2.24, 2.45) is 10.9 Å². The fourth-order valence-electron chi connectivity index (χ4n) is 2.59. The molecule has 0 atom stereocenters. The normalized spacial score (nSPS) is 13.1. The van der Waals surface area contributed by atoms with Crippen LogP contribution in [0.25, 0.3) is 0 Å². The molecule has 1 amide bonds. The lowest BCUT2D eigenvalue weighted by Gasteiger charge is -2.12. The van der Waals surface area contributed by atoms with Crippen LogP contribution in [0.2, 0.25) is 0 Å². The molecule has 0 bridgehead atoms. The molecule has 6 nitrogen and oxygen atoms in total. The van der Waals surface area contributed by atoms with Gasteiger partial charge in [0.15, 0.2) is 0 Å². The number of fused-ring (bicyclic) bond motifs is 1. The number of hydrogen-bond donors (Lipinski definition) is 2. The standard InChI is InChI=1S/C21H29N3O3S/c1-13(2)6-7-22-19(25)12-28-20-10-16(11-21(26)27-5)23-17-8-14(3)15(4)9-18(17)24-20/h8-10,13,23H,6-7,11-12H2,1-5H3,(H,22,25). The molecule has 0 radical (unpaired) electrons. The van der Waals surface area contributed by atoms with E-state index in [0.717, 1.165) is 28.9 Å². The molecule has 1 heterocycles. The fraction of sp³-hybridized carbons (Fsp3) is 0.476. The van der Waals surface area contributed by atoms with Gasteiger partial charge >= 0.3 is 5.97 Å². The van der Waals surface area contributed by atoms with Crippen LogP contribution in [0.1, 0.15) is 37.8 Å². The summed E-state index contributed by atoms with van der Waals surface area (Å²) < 4.78 is 4.79. The lowest BCUT2D eigenvalue weighted by atomic mass is 10.1. The molecule has 0 saturated carbocycles. The van der Waals surface area contributed by atoms with Gasteiger partial charge in [0.1, 0.15) is 0 Å². The third-order valence-electron chi connectivity index (χ3n) is 4.39. The number of nitrogens with zero attached hydrogens (tertiary/aromatic N) is 1. The van der Waals surface area contributed by atoms with E-state index >= 15 is 0 Å². The number of benzene rings is 1. The highest BCUT2D eigenvalue weighted by Crippen LogP contribution is 2.33. The Morgan fingerprint density at radius 2 is 1.96 bits per heavy atom. The summed E-state index contributed by atoms with van der Waals surface area (Å²) in [4.78, 5) is 28.6. The molecule has 0 fully saturated rings. The van der Waals surface area contributed by atoms with Gasteiger partial charge in [0, 0.05) is 12.2 Å². The highest BCUT2D eigenvalue weighted by Gasteiger charge is 2.16. The second kappa shape index (κ2) is 10.3. The van der Waals surface area contributed by atoms with E-state index in [1.54, 1.807) is 0 Å². The molecule has 152 valence electrons. The summed E-state index contributed by atoms with van der Waals surface area (Å²) in [5.41, 5.74) is 4.61. The number of aliphatic imine (C=N–C) groups is 1. The van der Waals surface area contributed by atoms with E-state index in [-0.39, 0.29) is 24.1 Å². The first-order valence-corrected chi connectivity index (χ1v) is 10.4. The second-order valence-electron chi connectivity index (χ2n) is 7.27. The van der Waals surface area contributed by atoms with Crippen LogP contribution in [0, 0.1) is 19.8 Å². The number of hydrogen-bond acceptors (Lipinski definition) is 6. The van der Waals surface area contributed by atoms with Crippen LogP contribution in [-0.4, -0.2) is 36.3 Å². The maximum Gasteiger partial charge on any atom is 0.311 e. The number of carbonyl (C=O) groups is 2. The van der Waals surface area contributed by atoms with Gasteiger partial charge in [-0.1, -0.05) is 25.6 Å². The van der Waals surface area contributed by atoms with Gasteiger partial charge in [0.2, 0.25) is 5.91 Å². The van der Waals surface area contributed by atoms with E-state index in [2.05, 4.69) is 24.5 Å². The van der Waals surface area contributed by atoms with E-state index in [4.69, 9.17) is 9.73 Å². The number of thioether (sulfide) groups is 1. The first kappa shape index (κ1) is 22.0. The average molecular weight is 404 g/mol. The summed E-state index contributed by atoms with van der Waals surface area (Å²) in [6.45, 7) is 9.00. The summed E-state index contributed by atoms with van der Waals surface area (Å²) in [7, 11) is 1.37. The first-order valence-electron chi connectivity index (χ1n) is 9.42. The summed E-state index contributed by atoms with van der Waals surface area (Å²) in [6.07, 6.45) is 2.88. The number of aryl methyl sites for hydroxylation is 2. The van der Waals surface area contributed by atoms with Gasteiger partial charge in [0.05, 0.1) is 35.7 Å². The number of esters is 1. The Balaban J connectivity index is 2.16. The zero-order valence-corrected chi connectivity index (χ0v) is 18.0. The molecule has 0 aromatic heterocycles. The van der Waals surface area contributed by atoms with Crippen LogP contribution in [0.5, 0.6) is 0 Å². The lowest BCUT2D eigenvalue weighted by Crippen LogP contribution is -2.27. The number of carbonyl (C=O) groups excluding carboxylic acids is 2. The van der Waals surface area contributed by atoms with E-state index in [1.807, 2.05) is 32.1 Å². The Morgan fingerprint density at radius 1 is 1.25 bits per heavy atom. The van der Waals surface area contributed by atoms with Crippen molar-refractivity contribution in [2.75, 3.05) is 24.7 Å². The number of methoxy groups -OCH3 is 1. The predicted molar refractivity (Wildman–Crippen MR) is 116 cm³/mol. The Labute approximate surface area is 171 Å². The van der Waals surface area contributed by atoms with Gasteiger partial charge in [-0.25, -0.2) is 4.99 Å². The molecule has 0 aliphatic carbocycles. The Morgan fingerprint density at radius 3 is 2.64 bits per heavy atom. The molecule has 2 rings (SSSR count). The van der Waals surface area contributed by atoms with Crippen LogP contribution in [-0.2, 0) is 14.3 Å². The molecule has 1 aliphatic rings. The smallest absolute Gasteiger partial charge is 0.311 e. The average Bonchev–Trinajstić information content (AvgIpc) is 2.78. The Kier molecular flexibility index (Phi) is 8.11. The number of anilines is 1. The molecular formula is C21H29N3O3S. The van der Waals surface area contributed by atoms with Crippen LogP contribution in [0.4, 0.5) is 11.4 Å². The molecule has 2 N–H and O–H groups in total. The van der Waals surface area contributed by atoms with Crippen molar-refractivity contribution in [1.29, 1.82) is 0 Å². The minimum absolute atomic E-state index is 0.0196. The lowest BCUT2D eigenvalue weighted by molar-refractivity contribution is -0.139. The van der Waals surface area contributed by atoms with Crippen molar-refractivity contribution >= 4 is 40.1 Å². The van der Waals surface area contributed by atoms with Gasteiger partial charge in [-0.15, -0.1) is 0 Å². The minimum atomic E-state index is -0.332. The van der Waals surface area contributed by atoms with Crippen LogP contribution >= 0.6 is 11.8 Å².